The van der Waals surface area contributed by atoms with E-state index in [1.54, 1.807) is 97.1 Å². The van der Waals surface area contributed by atoms with Crippen LogP contribution in [0, 0.1) is 3.70 Å². The Morgan fingerprint density at radius 1 is 0.456 bits per heavy atom. The molecule has 0 fully saturated rings. The number of pyridine rings is 2. The third-order valence-electron chi connectivity index (χ3n) is 14.5. The first kappa shape index (κ1) is 63.3. The molecule has 12 rings (SSSR count). The lowest BCUT2D eigenvalue weighted by molar-refractivity contribution is 0.0593. The fraction of sp³-hybridized carbons (Fsp3) is 0.0857. The topological polar surface area (TPSA) is 203 Å². The molecule has 16 nitrogen and oxygen atoms in total. The Bertz CT molecular complexity index is 4540. The summed E-state index contributed by atoms with van der Waals surface area (Å²) in [6, 6.07) is 77.6. The molecular weight excluding hydrogens is 1290 g/mol. The molecule has 452 valence electrons. The molecule has 0 radical (unpaired) electrons. The standard InChI is InChI=1S/C35H29N3O4S.C29H24IN3O4S.C6H7BO2/c1-42-35(39)31-23-36-34(37(24-26-14-6-2-7-15-26)25-27-16-8-3-9-17-27)33-30(31)22-32(28-18-10-4-11-19-28)38(33)43(40,41)29-20-12-5-13-21-29;1-37-29(34)25-18-31-28(32(19-21-11-5-2-6-12-21)20-22-13-7-3-8-14-22)27-24(25)17-26(30)33(27)38(35,36)23-15-9-4-10-16-23;8-7(9)6-4-2-1-3-5-6/h2-23H,24-25H2,1H3;2-18H,19-20H2,1H3;1-5,8-9H. The number of carbonyl (C=O) groups is 2. The van der Waals surface area contributed by atoms with Crippen LogP contribution in [0.25, 0.3) is 33.1 Å². The van der Waals surface area contributed by atoms with E-state index in [0.717, 1.165) is 22.3 Å². The number of halogens is 1. The fourth-order valence-corrected chi connectivity index (χ4v) is 14.5. The highest BCUT2D eigenvalue weighted by molar-refractivity contribution is 14.1. The Balaban J connectivity index is 0.000000175. The molecule has 20 heteroatoms. The first-order chi connectivity index (χ1) is 43.7. The van der Waals surface area contributed by atoms with Crippen molar-refractivity contribution in [1.29, 1.82) is 0 Å². The Morgan fingerprint density at radius 3 is 1.11 bits per heavy atom. The summed E-state index contributed by atoms with van der Waals surface area (Å²) in [5.41, 5.74) is 6.75. The third-order valence-corrected chi connectivity index (χ3v) is 19.1. The van der Waals surface area contributed by atoms with Gasteiger partial charge in [-0.1, -0.05) is 218 Å². The summed E-state index contributed by atoms with van der Waals surface area (Å²) in [6.07, 6.45) is 2.93. The van der Waals surface area contributed by atoms with E-state index in [2.05, 4.69) is 4.98 Å². The first-order valence-corrected chi connectivity index (χ1v) is 32.3. The van der Waals surface area contributed by atoms with Gasteiger partial charge in [0.25, 0.3) is 20.0 Å². The number of esters is 2. The van der Waals surface area contributed by atoms with Gasteiger partial charge in [0.2, 0.25) is 0 Å². The van der Waals surface area contributed by atoms with Crippen LogP contribution < -0.4 is 15.3 Å². The summed E-state index contributed by atoms with van der Waals surface area (Å²) in [6.45, 7) is 1.85. The van der Waals surface area contributed by atoms with Crippen molar-refractivity contribution in [3.05, 3.63) is 304 Å². The van der Waals surface area contributed by atoms with E-state index in [9.17, 15) is 26.4 Å². The second-order valence-corrected chi connectivity index (χ2v) is 25.1. The number of ether oxygens (including phenoxy) is 2. The average Bonchev–Trinajstić information content (AvgIpc) is 1.57. The molecule has 90 heavy (non-hydrogen) atoms. The van der Waals surface area contributed by atoms with E-state index in [0.29, 0.717) is 80.0 Å². The molecule has 0 atom stereocenters. The predicted octanol–water partition coefficient (Wildman–Crippen LogP) is 12.2. The van der Waals surface area contributed by atoms with Crippen LogP contribution in [0.3, 0.4) is 0 Å². The number of rotatable bonds is 18. The van der Waals surface area contributed by atoms with E-state index in [4.69, 9.17) is 24.5 Å². The van der Waals surface area contributed by atoms with E-state index in [-0.39, 0.29) is 20.9 Å². The minimum absolute atomic E-state index is 0.122. The second kappa shape index (κ2) is 29.1. The van der Waals surface area contributed by atoms with Gasteiger partial charge in [-0.25, -0.2) is 44.3 Å². The Hall–Kier alpha value is -9.71. The molecule has 0 aliphatic carbocycles. The summed E-state index contributed by atoms with van der Waals surface area (Å²) in [7, 11) is -6.91. The van der Waals surface area contributed by atoms with Gasteiger partial charge in [-0.05, 0) is 92.3 Å². The van der Waals surface area contributed by atoms with Crippen LogP contribution in [0.4, 0.5) is 11.6 Å². The minimum Gasteiger partial charge on any atom is -0.465 e. The van der Waals surface area contributed by atoms with Crippen molar-refractivity contribution >= 4 is 101 Å². The van der Waals surface area contributed by atoms with Gasteiger partial charge < -0.3 is 29.3 Å². The van der Waals surface area contributed by atoms with Crippen molar-refractivity contribution in [2.45, 2.75) is 36.0 Å². The maximum atomic E-state index is 14.5. The number of nitrogens with zero attached hydrogens (tertiary/aromatic N) is 6. The van der Waals surface area contributed by atoms with Gasteiger partial charge in [-0.2, -0.15) is 0 Å². The molecule has 8 aromatic carbocycles. The van der Waals surface area contributed by atoms with Crippen molar-refractivity contribution in [2.24, 2.45) is 0 Å². The lowest BCUT2D eigenvalue weighted by Crippen LogP contribution is -2.29. The second-order valence-electron chi connectivity index (χ2n) is 20.5. The summed E-state index contributed by atoms with van der Waals surface area (Å²) in [5.74, 6) is -0.312. The maximum Gasteiger partial charge on any atom is 0.488 e. The van der Waals surface area contributed by atoms with Crippen molar-refractivity contribution in [3.63, 3.8) is 0 Å². The molecule has 0 aliphatic rings. The molecule has 0 saturated carbocycles. The Kier molecular flexibility index (Phi) is 20.5. The van der Waals surface area contributed by atoms with Crippen LogP contribution in [0.5, 0.6) is 0 Å². The van der Waals surface area contributed by atoms with Gasteiger partial charge in [-0.15, -0.1) is 0 Å². The van der Waals surface area contributed by atoms with Crippen molar-refractivity contribution in [1.82, 2.24) is 17.9 Å². The zero-order valence-corrected chi connectivity index (χ0v) is 52.6. The highest BCUT2D eigenvalue weighted by Gasteiger charge is 2.32. The molecule has 0 amide bonds. The summed E-state index contributed by atoms with van der Waals surface area (Å²) in [4.78, 5) is 39.5. The predicted molar refractivity (Wildman–Crippen MR) is 360 cm³/mol. The normalized spacial score (nSPS) is 11.2. The van der Waals surface area contributed by atoms with Gasteiger partial charge in [0, 0.05) is 49.3 Å². The van der Waals surface area contributed by atoms with Gasteiger partial charge in [0.05, 0.1) is 44.5 Å². The van der Waals surface area contributed by atoms with Crippen LogP contribution in [-0.4, -0.2) is 78.1 Å². The van der Waals surface area contributed by atoms with Crippen LogP contribution in [0.1, 0.15) is 43.0 Å². The number of methoxy groups -OCH3 is 2. The van der Waals surface area contributed by atoms with Crippen molar-refractivity contribution in [2.75, 3.05) is 24.0 Å². The largest absolute Gasteiger partial charge is 0.488 e. The van der Waals surface area contributed by atoms with Gasteiger partial charge >= 0.3 is 19.1 Å². The van der Waals surface area contributed by atoms with Crippen LogP contribution in [0.15, 0.2) is 277 Å². The lowest BCUT2D eigenvalue weighted by atomic mass is 9.81. The Morgan fingerprint density at radius 2 is 0.767 bits per heavy atom. The average molecular weight is 1350 g/mol. The van der Waals surface area contributed by atoms with E-state index in [1.165, 1.54) is 34.6 Å². The number of carbonyl (C=O) groups excluding carboxylic acids is 2. The number of hydrogen-bond donors (Lipinski definition) is 2. The highest BCUT2D eigenvalue weighted by atomic mass is 127. The Labute approximate surface area is 536 Å². The molecule has 0 aliphatic heterocycles. The molecule has 12 aromatic rings. The molecule has 0 bridgehead atoms. The number of anilines is 2. The molecule has 2 N–H and O–H groups in total. The zero-order chi connectivity index (χ0) is 63.2. The molecular formula is C70H60BIN6O10S2. The molecule has 0 spiro atoms. The smallest absolute Gasteiger partial charge is 0.465 e. The number of fused-ring (bicyclic) bond motifs is 2. The quantitative estimate of drug-likeness (QED) is 0.0466. The van der Waals surface area contributed by atoms with Crippen LogP contribution in [0.2, 0.25) is 0 Å². The van der Waals surface area contributed by atoms with E-state index in [1.807, 2.05) is 190 Å². The van der Waals surface area contributed by atoms with Crippen LogP contribution in [-0.2, 0) is 55.7 Å². The first-order valence-electron chi connectivity index (χ1n) is 28.3. The lowest BCUT2D eigenvalue weighted by Gasteiger charge is -2.26. The van der Waals surface area contributed by atoms with E-state index < -0.39 is 39.1 Å². The van der Waals surface area contributed by atoms with Gasteiger partial charge in [-0.3, -0.25) is 0 Å². The van der Waals surface area contributed by atoms with Crippen molar-refractivity contribution < 1.29 is 45.9 Å². The number of aromatic nitrogens is 4. The van der Waals surface area contributed by atoms with Crippen molar-refractivity contribution in [3.8, 4) is 11.3 Å². The molecule has 0 unspecified atom stereocenters. The molecule has 4 aromatic heterocycles. The van der Waals surface area contributed by atoms with Crippen LogP contribution >= 0.6 is 22.6 Å². The SMILES string of the molecule is COC(=O)c1cnc(N(Cc2ccccc2)Cc2ccccc2)c2c1cc(-c1ccccc1)n2S(=O)(=O)c1ccccc1.COC(=O)c1cnc(N(Cc2ccccc2)Cc2ccccc2)c2c1cc(I)n2S(=O)(=O)c1ccccc1.OB(O)c1ccccc1. The number of benzene rings is 8. The maximum absolute atomic E-state index is 14.5. The van der Waals surface area contributed by atoms with E-state index >= 15 is 0 Å². The molecule has 4 heterocycles. The summed E-state index contributed by atoms with van der Waals surface area (Å²) < 4.78 is 70.2. The van der Waals surface area contributed by atoms with Gasteiger partial charge in [0.1, 0.15) is 11.0 Å². The molecule has 0 saturated heterocycles. The third kappa shape index (κ3) is 14.4. The zero-order valence-electron chi connectivity index (χ0n) is 48.8. The monoisotopic (exact) mass is 1350 g/mol. The van der Waals surface area contributed by atoms with Gasteiger partial charge in [0.15, 0.2) is 11.6 Å². The summed E-state index contributed by atoms with van der Waals surface area (Å²) in [5, 5.41) is 18.0. The summed E-state index contributed by atoms with van der Waals surface area (Å²) >= 11 is 1.99. The minimum atomic E-state index is -4.15. The highest BCUT2D eigenvalue weighted by Crippen LogP contribution is 2.40. The fourth-order valence-electron chi connectivity index (χ4n) is 10.3. The number of hydrogen-bond acceptors (Lipinski definition) is 14.